The van der Waals surface area contributed by atoms with Gasteiger partial charge < -0.3 is 19.8 Å². The van der Waals surface area contributed by atoms with Crippen LogP contribution in [0, 0.1) is 5.41 Å². The lowest BCUT2D eigenvalue weighted by Crippen LogP contribution is -2.62. The highest BCUT2D eigenvalue weighted by Crippen LogP contribution is 2.42. The lowest BCUT2D eigenvalue weighted by Gasteiger charge is -2.51. The molecule has 2 aliphatic rings. The third-order valence-corrected chi connectivity index (χ3v) is 5.75. The fourth-order valence-electron chi connectivity index (χ4n) is 4.34. The molecule has 2 atom stereocenters. The summed E-state index contributed by atoms with van der Waals surface area (Å²) in [5.41, 5.74) is 0.276. The van der Waals surface area contributed by atoms with E-state index in [1.54, 1.807) is 6.07 Å². The number of likely N-dealkylation sites (N-methyl/N-ethyl adjacent to an activating group) is 1. The minimum absolute atomic E-state index is 0.00500. The first-order valence-corrected chi connectivity index (χ1v) is 9.01. The number of hydrogen-bond acceptors (Lipinski definition) is 5. The third-order valence-electron chi connectivity index (χ3n) is 5.75. The van der Waals surface area contributed by atoms with Crippen LogP contribution in [0.3, 0.4) is 0 Å². The number of benzene rings is 1. The van der Waals surface area contributed by atoms with Gasteiger partial charge in [-0.25, -0.2) is 4.79 Å². The van der Waals surface area contributed by atoms with E-state index in [0.29, 0.717) is 31.8 Å². The smallest absolute Gasteiger partial charge is 0.341 e. The van der Waals surface area contributed by atoms with Crippen molar-refractivity contribution in [3.05, 3.63) is 29.8 Å². The molecule has 0 spiro atoms. The van der Waals surface area contributed by atoms with Crippen LogP contribution in [0.4, 0.5) is 0 Å². The second-order valence-corrected chi connectivity index (χ2v) is 7.34. The van der Waals surface area contributed by atoms with Gasteiger partial charge in [0.25, 0.3) is 0 Å². The molecule has 2 aliphatic heterocycles. The molecule has 0 amide bonds. The van der Waals surface area contributed by atoms with Crippen molar-refractivity contribution in [1.29, 1.82) is 0 Å². The van der Waals surface area contributed by atoms with Gasteiger partial charge in [-0.05, 0) is 45.5 Å². The number of carbonyl (C=O) groups is 2. The van der Waals surface area contributed by atoms with Crippen LogP contribution >= 0.6 is 0 Å². The number of hydrogen-bond donors (Lipinski definition) is 2. The molecule has 0 bridgehead atoms. The molecule has 2 fully saturated rings. The van der Waals surface area contributed by atoms with Gasteiger partial charge in [0.15, 0.2) is 6.61 Å². The van der Waals surface area contributed by atoms with Crippen LogP contribution in [0.15, 0.2) is 24.3 Å². The Morgan fingerprint density at radius 1 is 1.23 bits per heavy atom. The Hall–Kier alpha value is -2.12. The molecule has 142 valence electrons. The molecule has 0 aromatic heterocycles. The summed E-state index contributed by atoms with van der Waals surface area (Å²) in [7, 11) is 2.01. The maximum absolute atomic E-state index is 12.0. The summed E-state index contributed by atoms with van der Waals surface area (Å²) in [5.74, 6) is -1.12. The molecule has 2 heterocycles. The maximum Gasteiger partial charge on any atom is 0.341 e. The third kappa shape index (κ3) is 3.68. The highest BCUT2D eigenvalue weighted by atomic mass is 16.5. The highest BCUT2D eigenvalue weighted by molar-refractivity contribution is 5.76. The van der Waals surface area contributed by atoms with Crippen LogP contribution in [0.2, 0.25) is 0 Å². The summed E-state index contributed by atoms with van der Waals surface area (Å²) in [5, 5.41) is 18.7. The quantitative estimate of drug-likeness (QED) is 0.793. The largest absolute Gasteiger partial charge is 0.482 e. The number of aliphatic carboxylic acids is 2. The predicted molar refractivity (Wildman–Crippen MR) is 95.2 cm³/mol. The fraction of sp³-hybridized carbons (Fsp3) is 0.579. The minimum Gasteiger partial charge on any atom is -0.482 e. The van der Waals surface area contributed by atoms with Crippen LogP contribution in [0.5, 0.6) is 5.75 Å². The van der Waals surface area contributed by atoms with Crippen molar-refractivity contribution >= 4 is 11.9 Å². The normalized spacial score (nSPS) is 26.9. The summed E-state index contributed by atoms with van der Waals surface area (Å²) in [6.07, 6.45) is 2.30. The van der Waals surface area contributed by atoms with Crippen molar-refractivity contribution in [1.82, 2.24) is 9.80 Å². The number of nitrogens with zero attached hydrogens (tertiary/aromatic N) is 2. The monoisotopic (exact) mass is 362 g/mol. The summed E-state index contributed by atoms with van der Waals surface area (Å²) in [4.78, 5) is 27.2. The van der Waals surface area contributed by atoms with Gasteiger partial charge in [-0.1, -0.05) is 18.2 Å². The predicted octanol–water partition coefficient (Wildman–Crippen LogP) is 1.52. The summed E-state index contributed by atoms with van der Waals surface area (Å²) in [6.45, 7) is 2.58. The molecule has 0 unspecified atom stereocenters. The van der Waals surface area contributed by atoms with Crippen molar-refractivity contribution < 1.29 is 24.5 Å². The van der Waals surface area contributed by atoms with Gasteiger partial charge in [0.2, 0.25) is 0 Å². The topological polar surface area (TPSA) is 90.3 Å². The van der Waals surface area contributed by atoms with Gasteiger partial charge in [0.1, 0.15) is 5.75 Å². The van der Waals surface area contributed by atoms with Gasteiger partial charge in [-0.2, -0.15) is 0 Å². The Labute approximate surface area is 153 Å². The van der Waals surface area contributed by atoms with Crippen molar-refractivity contribution in [2.75, 3.05) is 33.3 Å². The molecule has 0 aliphatic carbocycles. The number of rotatable bonds is 6. The van der Waals surface area contributed by atoms with E-state index in [1.807, 2.05) is 25.2 Å². The molecule has 1 aromatic carbocycles. The van der Waals surface area contributed by atoms with Gasteiger partial charge in [-0.3, -0.25) is 9.69 Å². The zero-order valence-electron chi connectivity index (χ0n) is 15.1. The van der Waals surface area contributed by atoms with Crippen LogP contribution in [-0.4, -0.2) is 71.3 Å². The van der Waals surface area contributed by atoms with Crippen molar-refractivity contribution in [3.63, 3.8) is 0 Å². The zero-order chi connectivity index (χ0) is 18.7. The van der Waals surface area contributed by atoms with Crippen LogP contribution in [0.25, 0.3) is 0 Å². The average molecular weight is 362 g/mol. The minimum atomic E-state index is -1.01. The number of carboxylic acids is 2. The number of likely N-dealkylation sites (tertiary alicyclic amines) is 2. The summed E-state index contributed by atoms with van der Waals surface area (Å²) >= 11 is 0. The van der Waals surface area contributed by atoms with E-state index < -0.39 is 17.4 Å². The van der Waals surface area contributed by atoms with Crippen molar-refractivity contribution in [2.45, 2.75) is 31.8 Å². The van der Waals surface area contributed by atoms with E-state index in [2.05, 4.69) is 9.80 Å². The summed E-state index contributed by atoms with van der Waals surface area (Å²) in [6, 6.07) is 7.43. The van der Waals surface area contributed by atoms with Gasteiger partial charge in [0.05, 0.1) is 5.41 Å². The molecule has 2 N–H and O–H groups in total. The zero-order valence-corrected chi connectivity index (χ0v) is 15.1. The van der Waals surface area contributed by atoms with E-state index in [1.165, 1.54) is 0 Å². The van der Waals surface area contributed by atoms with Gasteiger partial charge in [0, 0.05) is 24.7 Å². The molecule has 26 heavy (non-hydrogen) atoms. The number of carboxylic acid groups (broad SMARTS) is 2. The lowest BCUT2D eigenvalue weighted by molar-refractivity contribution is -0.162. The average Bonchev–Trinajstić information content (AvgIpc) is 2.61. The Kier molecular flexibility index (Phi) is 5.48. The molecular formula is C19H26N2O5. The van der Waals surface area contributed by atoms with Crippen LogP contribution in [-0.2, 0) is 16.1 Å². The first-order chi connectivity index (χ1) is 12.4. The number of fused-ring (bicyclic) bond motifs is 1. The fourth-order valence-corrected chi connectivity index (χ4v) is 4.34. The summed E-state index contributed by atoms with van der Waals surface area (Å²) < 4.78 is 5.40. The van der Waals surface area contributed by atoms with Crippen LogP contribution < -0.4 is 4.74 Å². The van der Waals surface area contributed by atoms with Crippen molar-refractivity contribution in [2.24, 2.45) is 5.41 Å². The number of ether oxygens (including phenoxy) is 1. The second-order valence-electron chi connectivity index (χ2n) is 7.34. The first-order valence-electron chi connectivity index (χ1n) is 9.01. The molecule has 7 heteroatoms. The van der Waals surface area contributed by atoms with Gasteiger partial charge >= 0.3 is 11.9 Å². The van der Waals surface area contributed by atoms with E-state index in [9.17, 15) is 14.7 Å². The van der Waals surface area contributed by atoms with E-state index in [-0.39, 0.29) is 12.6 Å². The maximum atomic E-state index is 12.0. The lowest BCUT2D eigenvalue weighted by atomic mass is 9.68. The Morgan fingerprint density at radius 2 is 2.00 bits per heavy atom. The van der Waals surface area contributed by atoms with Crippen molar-refractivity contribution in [3.8, 4) is 5.75 Å². The van der Waals surface area contributed by atoms with Crippen LogP contribution in [0.1, 0.15) is 24.8 Å². The Morgan fingerprint density at radius 3 is 2.73 bits per heavy atom. The molecule has 2 saturated heterocycles. The van der Waals surface area contributed by atoms with E-state index in [0.717, 1.165) is 24.9 Å². The Balaban J connectivity index is 1.73. The van der Waals surface area contributed by atoms with E-state index in [4.69, 9.17) is 9.84 Å². The highest BCUT2D eigenvalue weighted by Gasteiger charge is 2.52. The molecular weight excluding hydrogens is 336 g/mol. The molecule has 0 saturated carbocycles. The molecule has 7 nitrogen and oxygen atoms in total. The number of para-hydroxylation sites is 1. The SMILES string of the molecule is CN1CCC[C@]2(C(=O)O)CCN(Cc3ccccc3OCC(=O)O)C[C@@H]12. The number of piperidine rings is 2. The van der Waals surface area contributed by atoms with E-state index >= 15 is 0 Å². The Bertz CT molecular complexity index is 680. The van der Waals surface area contributed by atoms with Gasteiger partial charge in [-0.15, -0.1) is 0 Å². The first kappa shape index (κ1) is 18.7. The second kappa shape index (κ2) is 7.63. The molecule has 0 radical (unpaired) electrons. The standard InChI is InChI=1S/C19H26N2O5/c1-20-9-4-7-19(18(24)25)8-10-21(12-16(19)20)11-14-5-2-3-6-15(14)26-13-17(22)23/h2-3,5-6,16H,4,7-13H2,1H3,(H,22,23)(H,24,25)/t16-,19+/m1/s1. The molecule has 3 rings (SSSR count). The molecule has 1 aromatic rings.